The first-order valence-corrected chi connectivity index (χ1v) is 7.98. The summed E-state index contributed by atoms with van der Waals surface area (Å²) in [5.41, 5.74) is 3.20. The molecule has 1 fully saturated rings. The van der Waals surface area contributed by atoms with Crippen LogP contribution in [0.4, 0.5) is 4.79 Å². The van der Waals surface area contributed by atoms with Crippen LogP contribution in [-0.2, 0) is 11.3 Å². The third-order valence-corrected chi connectivity index (χ3v) is 4.08. The van der Waals surface area contributed by atoms with E-state index in [2.05, 4.69) is 21.2 Å². The maximum Gasteiger partial charge on any atom is 0.329 e. The van der Waals surface area contributed by atoms with E-state index < -0.39 is 6.03 Å². The SMILES string of the molecule is Cc1ccc(CN2C(=O)N/C(=C\c3cccc(Br)c3)C2=O)cc1. The molecule has 1 aliphatic rings. The van der Waals surface area contributed by atoms with E-state index in [9.17, 15) is 9.59 Å². The molecule has 0 aliphatic carbocycles. The van der Waals surface area contributed by atoms with Gasteiger partial charge in [-0.3, -0.25) is 9.69 Å². The van der Waals surface area contributed by atoms with Crippen molar-refractivity contribution in [1.29, 1.82) is 0 Å². The molecule has 0 spiro atoms. The summed E-state index contributed by atoms with van der Waals surface area (Å²) in [6.45, 7) is 2.26. The maximum atomic E-state index is 12.4. The molecule has 23 heavy (non-hydrogen) atoms. The van der Waals surface area contributed by atoms with Crippen LogP contribution in [0.2, 0.25) is 0 Å². The summed E-state index contributed by atoms with van der Waals surface area (Å²) in [4.78, 5) is 25.7. The largest absolute Gasteiger partial charge is 0.329 e. The number of hydrogen-bond donors (Lipinski definition) is 1. The summed E-state index contributed by atoms with van der Waals surface area (Å²) in [6.07, 6.45) is 1.68. The predicted octanol–water partition coefficient (Wildman–Crippen LogP) is 3.85. The van der Waals surface area contributed by atoms with Crippen molar-refractivity contribution in [2.75, 3.05) is 0 Å². The molecule has 1 aliphatic heterocycles. The highest BCUT2D eigenvalue weighted by atomic mass is 79.9. The maximum absolute atomic E-state index is 12.4. The average Bonchev–Trinajstić information content (AvgIpc) is 2.77. The van der Waals surface area contributed by atoms with Gasteiger partial charge >= 0.3 is 6.03 Å². The summed E-state index contributed by atoms with van der Waals surface area (Å²) in [6, 6.07) is 14.9. The third kappa shape index (κ3) is 3.51. The second-order valence-corrected chi connectivity index (χ2v) is 6.34. The molecule has 4 nitrogen and oxygen atoms in total. The number of nitrogens with zero attached hydrogens (tertiary/aromatic N) is 1. The minimum absolute atomic E-state index is 0.265. The Morgan fingerprint density at radius 2 is 1.87 bits per heavy atom. The van der Waals surface area contributed by atoms with Crippen LogP contribution in [0.25, 0.3) is 6.08 Å². The van der Waals surface area contributed by atoms with Gasteiger partial charge in [0.1, 0.15) is 5.70 Å². The number of nitrogens with one attached hydrogen (secondary N) is 1. The lowest BCUT2D eigenvalue weighted by Crippen LogP contribution is -2.30. The lowest BCUT2D eigenvalue weighted by atomic mass is 10.1. The Morgan fingerprint density at radius 1 is 1.13 bits per heavy atom. The molecule has 2 aromatic rings. The lowest BCUT2D eigenvalue weighted by Gasteiger charge is -2.11. The highest BCUT2D eigenvalue weighted by Crippen LogP contribution is 2.19. The van der Waals surface area contributed by atoms with Gasteiger partial charge in [0, 0.05) is 4.47 Å². The number of amides is 3. The number of carbonyl (C=O) groups excluding carboxylic acids is 2. The van der Waals surface area contributed by atoms with Gasteiger partial charge < -0.3 is 5.32 Å². The zero-order valence-electron chi connectivity index (χ0n) is 12.5. The molecule has 0 radical (unpaired) electrons. The summed E-state index contributed by atoms with van der Waals surface area (Å²) in [7, 11) is 0. The summed E-state index contributed by atoms with van der Waals surface area (Å²) >= 11 is 3.39. The normalized spacial score (nSPS) is 16.1. The van der Waals surface area contributed by atoms with Crippen molar-refractivity contribution < 1.29 is 9.59 Å². The summed E-state index contributed by atoms with van der Waals surface area (Å²) < 4.78 is 0.917. The van der Waals surface area contributed by atoms with Crippen LogP contribution in [0.3, 0.4) is 0 Å². The predicted molar refractivity (Wildman–Crippen MR) is 92.4 cm³/mol. The minimum Gasteiger partial charge on any atom is -0.303 e. The molecular weight excluding hydrogens is 356 g/mol. The number of benzene rings is 2. The van der Waals surface area contributed by atoms with Crippen LogP contribution in [0.5, 0.6) is 0 Å². The average molecular weight is 371 g/mol. The van der Waals surface area contributed by atoms with Crippen molar-refractivity contribution in [2.45, 2.75) is 13.5 Å². The molecule has 0 bridgehead atoms. The number of carbonyl (C=O) groups is 2. The standard InChI is InChI=1S/C18H15BrN2O2/c1-12-5-7-13(8-6-12)11-21-17(22)16(20-18(21)23)10-14-3-2-4-15(19)9-14/h2-10H,11H2,1H3,(H,20,23)/b16-10-. The number of halogens is 1. The number of aryl methyl sites for hydroxylation is 1. The van der Waals surface area contributed by atoms with E-state index >= 15 is 0 Å². The monoisotopic (exact) mass is 370 g/mol. The van der Waals surface area contributed by atoms with E-state index in [4.69, 9.17) is 0 Å². The quantitative estimate of drug-likeness (QED) is 0.658. The third-order valence-electron chi connectivity index (χ3n) is 3.58. The first-order chi connectivity index (χ1) is 11.0. The van der Waals surface area contributed by atoms with Crippen LogP contribution in [0.1, 0.15) is 16.7 Å². The summed E-state index contributed by atoms with van der Waals surface area (Å²) in [5.74, 6) is -0.310. The zero-order chi connectivity index (χ0) is 16.4. The fourth-order valence-electron chi connectivity index (χ4n) is 2.35. The molecule has 1 heterocycles. The second-order valence-electron chi connectivity index (χ2n) is 5.42. The van der Waals surface area contributed by atoms with Crippen molar-refractivity contribution >= 4 is 33.9 Å². The van der Waals surface area contributed by atoms with Gasteiger partial charge in [-0.15, -0.1) is 0 Å². The van der Waals surface area contributed by atoms with E-state index in [1.54, 1.807) is 6.08 Å². The summed E-state index contributed by atoms with van der Waals surface area (Å²) in [5, 5.41) is 2.64. The Balaban J connectivity index is 1.81. The van der Waals surface area contributed by atoms with E-state index in [0.29, 0.717) is 5.70 Å². The number of hydrogen-bond acceptors (Lipinski definition) is 2. The van der Waals surface area contributed by atoms with Crippen molar-refractivity contribution in [1.82, 2.24) is 10.2 Å². The molecule has 0 aromatic heterocycles. The van der Waals surface area contributed by atoms with Gasteiger partial charge in [0.15, 0.2) is 0 Å². The molecule has 2 aromatic carbocycles. The van der Waals surface area contributed by atoms with Gasteiger partial charge in [0.25, 0.3) is 5.91 Å². The minimum atomic E-state index is -0.392. The van der Waals surface area contributed by atoms with Gasteiger partial charge in [-0.05, 0) is 36.3 Å². The molecule has 3 amide bonds. The number of urea groups is 1. The Labute approximate surface area is 142 Å². The van der Waals surface area contributed by atoms with E-state index in [0.717, 1.165) is 21.2 Å². The molecule has 1 saturated heterocycles. The van der Waals surface area contributed by atoms with E-state index in [1.165, 1.54) is 4.90 Å². The van der Waals surface area contributed by atoms with E-state index in [1.807, 2.05) is 55.5 Å². The molecule has 3 rings (SSSR count). The molecule has 1 N–H and O–H groups in total. The van der Waals surface area contributed by atoms with Crippen LogP contribution >= 0.6 is 15.9 Å². The molecule has 0 unspecified atom stereocenters. The van der Waals surface area contributed by atoms with Crippen molar-refractivity contribution in [2.24, 2.45) is 0 Å². The van der Waals surface area contributed by atoms with Crippen LogP contribution in [0, 0.1) is 6.92 Å². The van der Waals surface area contributed by atoms with Crippen molar-refractivity contribution in [3.8, 4) is 0 Å². The highest BCUT2D eigenvalue weighted by Gasteiger charge is 2.33. The topological polar surface area (TPSA) is 49.4 Å². The van der Waals surface area contributed by atoms with Crippen LogP contribution in [0.15, 0.2) is 58.7 Å². The van der Waals surface area contributed by atoms with Gasteiger partial charge in [0.05, 0.1) is 6.54 Å². The van der Waals surface area contributed by atoms with Gasteiger partial charge in [-0.25, -0.2) is 4.79 Å². The second kappa shape index (κ2) is 6.38. The fraction of sp³-hybridized carbons (Fsp3) is 0.111. The molecule has 0 atom stereocenters. The van der Waals surface area contributed by atoms with Gasteiger partial charge in [0.2, 0.25) is 0 Å². The molecule has 116 valence electrons. The highest BCUT2D eigenvalue weighted by molar-refractivity contribution is 9.10. The number of rotatable bonds is 3. The van der Waals surface area contributed by atoms with Crippen LogP contribution in [-0.4, -0.2) is 16.8 Å². The van der Waals surface area contributed by atoms with Gasteiger partial charge in [-0.1, -0.05) is 57.9 Å². The molecule has 0 saturated carbocycles. The van der Waals surface area contributed by atoms with Crippen molar-refractivity contribution in [3.63, 3.8) is 0 Å². The lowest BCUT2D eigenvalue weighted by molar-refractivity contribution is -0.123. The molecule has 5 heteroatoms. The van der Waals surface area contributed by atoms with Crippen molar-refractivity contribution in [3.05, 3.63) is 75.4 Å². The Morgan fingerprint density at radius 3 is 2.57 bits per heavy atom. The zero-order valence-corrected chi connectivity index (χ0v) is 14.1. The Hall–Kier alpha value is -2.40. The Bertz CT molecular complexity index is 797. The van der Waals surface area contributed by atoms with E-state index in [-0.39, 0.29) is 12.5 Å². The first kappa shape index (κ1) is 15.5. The Kier molecular flexibility index (Phi) is 4.30. The number of imide groups is 1. The smallest absolute Gasteiger partial charge is 0.303 e. The molecular formula is C18H15BrN2O2. The van der Waals surface area contributed by atoms with Crippen LogP contribution < -0.4 is 5.32 Å². The first-order valence-electron chi connectivity index (χ1n) is 7.18. The fourth-order valence-corrected chi connectivity index (χ4v) is 2.77. The van der Waals surface area contributed by atoms with Gasteiger partial charge in [-0.2, -0.15) is 0 Å².